The maximum atomic E-state index is 15.1. The molecular formula is C44H59F2N3O9S. The summed E-state index contributed by atoms with van der Waals surface area (Å²) in [4.78, 5) is 63.3. The fraction of sp³-hybridized carbons (Fsp3) is 0.659. The van der Waals surface area contributed by atoms with Gasteiger partial charge in [-0.05, 0) is 114 Å². The van der Waals surface area contributed by atoms with Crippen molar-refractivity contribution < 1.29 is 50.6 Å². The Morgan fingerprint density at radius 3 is 2.47 bits per heavy atom. The van der Waals surface area contributed by atoms with E-state index in [0.29, 0.717) is 56.8 Å². The zero-order chi connectivity index (χ0) is 43.1. The molecule has 324 valence electrons. The van der Waals surface area contributed by atoms with Crippen molar-refractivity contribution in [2.45, 2.75) is 141 Å². The second-order valence-corrected chi connectivity index (χ2v) is 20.3. The minimum absolute atomic E-state index is 0.0354. The molecule has 2 aromatic rings. The van der Waals surface area contributed by atoms with Gasteiger partial charge in [-0.3, -0.25) is 23.9 Å². The molecule has 3 heterocycles. The third kappa shape index (κ3) is 9.44. The molecule has 1 aromatic carbocycles. The number of hydrogen-bond acceptors (Lipinski definition) is 10. The Hall–Kier alpha value is -4.14. The molecule has 12 nitrogen and oxygen atoms in total. The van der Waals surface area contributed by atoms with Crippen LogP contribution in [0.5, 0.6) is 11.6 Å². The number of benzene rings is 1. The molecule has 0 bridgehead atoms. The van der Waals surface area contributed by atoms with Crippen LogP contribution < -0.4 is 14.2 Å². The van der Waals surface area contributed by atoms with E-state index >= 15 is 4.79 Å². The number of alkyl halides is 2. The van der Waals surface area contributed by atoms with Crippen LogP contribution in [0, 0.1) is 29.1 Å². The standard InChI is InChI=1S/C44H59F2N3O9S/c1-8-28-20-27(3)12-10-11-13-30-24-44(30,40(53)48-59(54,55)42(6)17-18-42)25-36(50)35-22-32(57-38-33-15-14-31(56-9-2)21-29(33)16-19-47-38)26-49(35)39(52)34(28)23-37(51)58-41(4,5)43(7,45)46/h11,13-16,19,21,27-28,30,32,34-35H,8-10,12,17-18,20,22-26H2,1-7H3,(H,48,53)/b13-11-/t27-,28+,30+,32+,34-,35-,44+/m0/s1. The van der Waals surface area contributed by atoms with Crippen molar-refractivity contribution in [3.05, 3.63) is 42.6 Å². The number of fused-ring (bicyclic) bond motifs is 3. The molecule has 1 N–H and O–H groups in total. The summed E-state index contributed by atoms with van der Waals surface area (Å²) in [5.74, 6) is -6.74. The van der Waals surface area contributed by atoms with Crippen LogP contribution in [0.15, 0.2) is 42.6 Å². The largest absolute Gasteiger partial charge is 0.494 e. The lowest BCUT2D eigenvalue weighted by Gasteiger charge is -2.35. The third-order valence-electron chi connectivity index (χ3n) is 13.2. The summed E-state index contributed by atoms with van der Waals surface area (Å²) in [5.41, 5.74) is -3.48. The van der Waals surface area contributed by atoms with Gasteiger partial charge in [-0.25, -0.2) is 22.2 Å². The normalized spacial score (nSPS) is 29.3. The quantitative estimate of drug-likeness (QED) is 0.169. The van der Waals surface area contributed by atoms with Crippen molar-refractivity contribution in [2.75, 3.05) is 13.2 Å². The van der Waals surface area contributed by atoms with Crippen molar-refractivity contribution in [1.82, 2.24) is 14.6 Å². The van der Waals surface area contributed by atoms with Crippen LogP contribution in [0.1, 0.15) is 113 Å². The number of esters is 1. The number of carbonyl (C=O) groups excluding carboxylic acids is 4. The topological polar surface area (TPSA) is 158 Å². The van der Waals surface area contributed by atoms with Gasteiger partial charge >= 0.3 is 5.97 Å². The molecular weight excluding hydrogens is 785 g/mol. The molecule has 0 radical (unpaired) electrons. The number of nitrogens with one attached hydrogen (secondary N) is 1. The number of sulfonamides is 1. The number of pyridine rings is 1. The van der Waals surface area contributed by atoms with Gasteiger partial charge in [0.05, 0.1) is 41.7 Å². The number of halogens is 2. The molecule has 15 heteroatoms. The smallest absolute Gasteiger partial charge is 0.307 e. The Labute approximate surface area is 346 Å². The van der Waals surface area contributed by atoms with Crippen molar-refractivity contribution in [2.24, 2.45) is 29.1 Å². The molecule has 2 aliphatic heterocycles. The number of amides is 2. The highest BCUT2D eigenvalue weighted by Crippen LogP contribution is 2.58. The molecule has 3 fully saturated rings. The Kier molecular flexibility index (Phi) is 12.6. The number of Topliss-reactive ketones (excluding diaryl/α,β-unsaturated/α-hetero) is 1. The van der Waals surface area contributed by atoms with Gasteiger partial charge in [0, 0.05) is 31.3 Å². The highest BCUT2D eigenvalue weighted by Gasteiger charge is 2.63. The molecule has 7 atom stereocenters. The van der Waals surface area contributed by atoms with E-state index in [2.05, 4.69) is 9.71 Å². The summed E-state index contributed by atoms with van der Waals surface area (Å²) >= 11 is 0. The van der Waals surface area contributed by atoms with Crippen molar-refractivity contribution >= 4 is 44.4 Å². The van der Waals surface area contributed by atoms with Gasteiger partial charge in [-0.2, -0.15) is 0 Å². The lowest BCUT2D eigenvalue weighted by molar-refractivity contribution is -0.197. The van der Waals surface area contributed by atoms with Gasteiger partial charge in [-0.15, -0.1) is 0 Å². The fourth-order valence-electron chi connectivity index (χ4n) is 8.57. The van der Waals surface area contributed by atoms with E-state index in [1.165, 1.54) is 4.90 Å². The molecule has 1 saturated heterocycles. The van der Waals surface area contributed by atoms with E-state index in [1.807, 2.05) is 51.1 Å². The average molecular weight is 844 g/mol. The van der Waals surface area contributed by atoms with Crippen LogP contribution in [0.25, 0.3) is 10.8 Å². The summed E-state index contributed by atoms with van der Waals surface area (Å²) in [6.45, 7) is 10.8. The van der Waals surface area contributed by atoms with E-state index in [-0.39, 0.29) is 49.4 Å². The lowest BCUT2D eigenvalue weighted by atomic mass is 9.79. The van der Waals surface area contributed by atoms with Crippen molar-refractivity contribution in [1.29, 1.82) is 0 Å². The first-order chi connectivity index (χ1) is 27.6. The van der Waals surface area contributed by atoms with Crippen LogP contribution in [0.2, 0.25) is 0 Å². The number of rotatable bonds is 12. The molecule has 0 spiro atoms. The number of aromatic nitrogens is 1. The molecule has 2 saturated carbocycles. The van der Waals surface area contributed by atoms with Crippen molar-refractivity contribution in [3.63, 3.8) is 0 Å². The number of allylic oxidation sites excluding steroid dienone is 2. The summed E-state index contributed by atoms with van der Waals surface area (Å²) in [6, 6.07) is 6.19. The molecule has 6 rings (SSSR count). The zero-order valence-corrected chi connectivity index (χ0v) is 36.0. The van der Waals surface area contributed by atoms with Gasteiger partial charge in [0.1, 0.15) is 11.9 Å². The van der Waals surface area contributed by atoms with E-state index < -0.39 is 79.8 Å². The van der Waals surface area contributed by atoms with Gasteiger partial charge in [0.2, 0.25) is 27.7 Å². The fourth-order valence-corrected chi connectivity index (χ4v) is 9.91. The van der Waals surface area contributed by atoms with Gasteiger partial charge in [0.15, 0.2) is 11.4 Å². The van der Waals surface area contributed by atoms with Crippen LogP contribution in [0.4, 0.5) is 8.78 Å². The van der Waals surface area contributed by atoms with Crippen LogP contribution >= 0.6 is 0 Å². The van der Waals surface area contributed by atoms with E-state index in [9.17, 15) is 31.6 Å². The van der Waals surface area contributed by atoms with E-state index in [4.69, 9.17) is 14.2 Å². The third-order valence-corrected chi connectivity index (χ3v) is 15.4. The van der Waals surface area contributed by atoms with Gasteiger partial charge < -0.3 is 19.1 Å². The summed E-state index contributed by atoms with van der Waals surface area (Å²) in [7, 11) is -4.01. The van der Waals surface area contributed by atoms with Crippen LogP contribution in [-0.4, -0.2) is 83.4 Å². The second kappa shape index (κ2) is 16.7. The minimum Gasteiger partial charge on any atom is -0.494 e. The first-order valence-corrected chi connectivity index (χ1v) is 22.5. The van der Waals surface area contributed by atoms with E-state index in [1.54, 1.807) is 19.2 Å². The Morgan fingerprint density at radius 2 is 1.81 bits per heavy atom. The molecule has 1 aromatic heterocycles. The van der Waals surface area contributed by atoms with Crippen LogP contribution in [-0.2, 0) is 33.9 Å². The number of hydrogen-bond donors (Lipinski definition) is 1. The number of nitrogens with zero attached hydrogens (tertiary/aromatic N) is 2. The zero-order valence-electron chi connectivity index (χ0n) is 35.2. The Bertz CT molecular complexity index is 2080. The van der Waals surface area contributed by atoms with Gasteiger partial charge in [0.25, 0.3) is 5.92 Å². The van der Waals surface area contributed by atoms with Crippen LogP contribution in [0.3, 0.4) is 0 Å². The number of ether oxygens (including phenoxy) is 3. The first-order valence-electron chi connectivity index (χ1n) is 21.0. The summed E-state index contributed by atoms with van der Waals surface area (Å²) in [5, 5.41) is 1.48. The summed E-state index contributed by atoms with van der Waals surface area (Å²) in [6.07, 6.45) is 7.45. The van der Waals surface area contributed by atoms with Gasteiger partial charge in [-0.1, -0.05) is 32.4 Å². The number of ketones is 1. The second-order valence-electron chi connectivity index (χ2n) is 18.1. The maximum absolute atomic E-state index is 15.1. The molecule has 2 aliphatic carbocycles. The lowest BCUT2D eigenvalue weighted by Crippen LogP contribution is -2.49. The predicted molar refractivity (Wildman–Crippen MR) is 217 cm³/mol. The maximum Gasteiger partial charge on any atom is 0.307 e. The Morgan fingerprint density at radius 1 is 1.08 bits per heavy atom. The van der Waals surface area contributed by atoms with Crippen molar-refractivity contribution in [3.8, 4) is 11.6 Å². The van der Waals surface area contributed by atoms with E-state index in [0.717, 1.165) is 25.7 Å². The first kappa shape index (κ1) is 44.4. The monoisotopic (exact) mass is 843 g/mol. The highest BCUT2D eigenvalue weighted by molar-refractivity contribution is 7.91. The number of carbonyl (C=O) groups is 4. The molecule has 59 heavy (non-hydrogen) atoms. The average Bonchev–Trinajstić information content (AvgIpc) is 4.04. The SMILES string of the molecule is CCOc1ccc2c(O[C@@H]3C[C@H]4C(=O)C[C@]5(C(=O)NS(=O)(=O)C6(C)CC6)C[C@H]5/C=C\CC[C@H](C)C[C@@H](CC)[C@H](CC(=O)OC(C)(C)C(C)(F)F)C(=O)N4C3)nccc2c1. The predicted octanol–water partition coefficient (Wildman–Crippen LogP) is 7.33. The summed E-state index contributed by atoms with van der Waals surface area (Å²) < 4.78 is 74.3. The Balaban J connectivity index is 1.36. The highest BCUT2D eigenvalue weighted by atomic mass is 32.2. The molecule has 0 unspecified atom stereocenters. The molecule has 2 amide bonds. The molecule has 4 aliphatic rings. The minimum atomic E-state index is -4.01.